The molecule has 0 aliphatic carbocycles. The zero-order chi connectivity index (χ0) is 18.0. The number of amides is 1. The average molecular weight is 367 g/mol. The number of carbonyl (C=O) groups is 1. The third kappa shape index (κ3) is 3.83. The van der Waals surface area contributed by atoms with Crippen molar-refractivity contribution >= 4 is 26.8 Å². The number of hydrogen-bond donors (Lipinski definition) is 2. The number of methoxy groups -OCH3 is 1. The van der Waals surface area contributed by atoms with Crippen LogP contribution in [0.5, 0.6) is 0 Å². The first-order chi connectivity index (χ1) is 11.9. The lowest BCUT2D eigenvalue weighted by Gasteiger charge is -2.18. The second-order valence-electron chi connectivity index (χ2n) is 6.10. The first kappa shape index (κ1) is 17.8. The van der Waals surface area contributed by atoms with Crippen molar-refractivity contribution in [1.82, 2.24) is 14.9 Å². The number of nitrogens with zero attached hydrogens (tertiary/aromatic N) is 2. The summed E-state index contributed by atoms with van der Waals surface area (Å²) < 4.78 is 30.4. The molecule has 3 rings (SSSR count). The minimum Gasteiger partial charge on any atom is -0.388 e. The lowest BCUT2D eigenvalue weighted by molar-refractivity contribution is -0.122. The third-order valence-corrected chi connectivity index (χ3v) is 6.09. The Balaban J connectivity index is 1.67. The molecule has 0 saturated carbocycles. The number of rotatable bonds is 6. The predicted octanol–water partition coefficient (Wildman–Crippen LogP) is -0.153. The number of ether oxygens (including phenoxy) is 1. The number of aryl methyl sites for hydroxylation is 1. The lowest BCUT2D eigenvalue weighted by Crippen LogP contribution is -2.43. The maximum Gasteiger partial charge on any atom is 0.222 e. The van der Waals surface area contributed by atoms with Crippen LogP contribution in [0.3, 0.4) is 0 Å². The van der Waals surface area contributed by atoms with Gasteiger partial charge in [0.05, 0.1) is 34.7 Å². The molecule has 1 aliphatic rings. The van der Waals surface area contributed by atoms with Crippen molar-refractivity contribution in [1.29, 1.82) is 0 Å². The summed E-state index contributed by atoms with van der Waals surface area (Å²) in [5.41, 5.74) is 1.60. The van der Waals surface area contributed by atoms with E-state index in [4.69, 9.17) is 4.74 Å². The predicted molar refractivity (Wildman–Crippen MR) is 91.7 cm³/mol. The van der Waals surface area contributed by atoms with Crippen LogP contribution in [-0.2, 0) is 32.5 Å². The van der Waals surface area contributed by atoms with Gasteiger partial charge in [-0.1, -0.05) is 12.1 Å². The van der Waals surface area contributed by atoms with Crippen molar-refractivity contribution in [3.8, 4) is 0 Å². The molecule has 1 aromatic heterocycles. The van der Waals surface area contributed by atoms with Gasteiger partial charge in [-0.05, 0) is 12.1 Å². The van der Waals surface area contributed by atoms with E-state index in [2.05, 4.69) is 10.3 Å². The van der Waals surface area contributed by atoms with Gasteiger partial charge in [0.2, 0.25) is 5.91 Å². The Labute approximate surface area is 145 Å². The fourth-order valence-electron chi connectivity index (χ4n) is 3.17. The number of para-hydroxylation sites is 2. The van der Waals surface area contributed by atoms with Crippen LogP contribution in [0.1, 0.15) is 12.2 Å². The Morgan fingerprint density at radius 2 is 2.16 bits per heavy atom. The van der Waals surface area contributed by atoms with E-state index in [9.17, 15) is 18.3 Å². The summed E-state index contributed by atoms with van der Waals surface area (Å²) in [6.45, 7) is 0.127. The Morgan fingerprint density at radius 3 is 2.88 bits per heavy atom. The van der Waals surface area contributed by atoms with Crippen LogP contribution in [0.25, 0.3) is 11.0 Å². The highest BCUT2D eigenvalue weighted by Gasteiger charge is 2.38. The maximum atomic E-state index is 12.2. The number of aromatic nitrogens is 2. The molecule has 0 bridgehead atoms. The normalized spacial score (nSPS) is 22.3. The number of hydrogen-bond acceptors (Lipinski definition) is 6. The molecule has 1 aliphatic heterocycles. The molecule has 2 heterocycles. The summed E-state index contributed by atoms with van der Waals surface area (Å²) in [6, 6.07) is 6.92. The van der Waals surface area contributed by atoms with Gasteiger partial charge in [-0.25, -0.2) is 13.4 Å². The fraction of sp³-hybridized carbons (Fsp3) is 0.500. The van der Waals surface area contributed by atoms with Crippen LogP contribution in [0, 0.1) is 0 Å². The SMILES string of the molecule is CO[C@@H]1CS(=O)(=O)C[C@H]1NC(=O)CCn1c(CO)nc2ccccc21. The number of nitrogens with one attached hydrogen (secondary N) is 1. The van der Waals surface area contributed by atoms with E-state index in [0.29, 0.717) is 12.4 Å². The zero-order valence-electron chi connectivity index (χ0n) is 13.9. The van der Waals surface area contributed by atoms with Crippen LogP contribution < -0.4 is 5.32 Å². The molecule has 0 radical (unpaired) electrons. The Kier molecular flexibility index (Phi) is 5.07. The third-order valence-electron chi connectivity index (χ3n) is 4.39. The van der Waals surface area contributed by atoms with Gasteiger partial charge < -0.3 is 19.7 Å². The van der Waals surface area contributed by atoms with Gasteiger partial charge in [-0.15, -0.1) is 0 Å². The number of sulfone groups is 1. The first-order valence-corrected chi connectivity index (χ1v) is 9.83. The largest absolute Gasteiger partial charge is 0.388 e. The molecule has 1 saturated heterocycles. The van der Waals surface area contributed by atoms with Gasteiger partial charge in [0, 0.05) is 20.1 Å². The first-order valence-electron chi connectivity index (χ1n) is 8.01. The highest BCUT2D eigenvalue weighted by Crippen LogP contribution is 2.18. The van der Waals surface area contributed by atoms with Crippen molar-refractivity contribution in [2.45, 2.75) is 31.7 Å². The number of fused-ring (bicyclic) bond motifs is 1. The fourth-order valence-corrected chi connectivity index (χ4v) is 5.02. The Hall–Kier alpha value is -1.97. The van der Waals surface area contributed by atoms with Crippen molar-refractivity contribution in [2.75, 3.05) is 18.6 Å². The summed E-state index contributed by atoms with van der Waals surface area (Å²) in [5.74, 6) is 0.0561. The van der Waals surface area contributed by atoms with E-state index >= 15 is 0 Å². The van der Waals surface area contributed by atoms with Gasteiger partial charge in [0.15, 0.2) is 9.84 Å². The number of imidazole rings is 1. The molecular weight excluding hydrogens is 346 g/mol. The Bertz CT molecular complexity index is 877. The molecule has 25 heavy (non-hydrogen) atoms. The number of benzene rings is 1. The van der Waals surface area contributed by atoms with Crippen molar-refractivity contribution < 1.29 is 23.1 Å². The molecule has 136 valence electrons. The second-order valence-corrected chi connectivity index (χ2v) is 8.26. The summed E-state index contributed by atoms with van der Waals surface area (Å²) in [5, 5.41) is 12.2. The topological polar surface area (TPSA) is 111 Å². The minimum absolute atomic E-state index is 0.0741. The molecule has 1 amide bonds. The molecule has 0 spiro atoms. The average Bonchev–Trinajstić information content (AvgIpc) is 3.09. The molecule has 0 unspecified atom stereocenters. The summed E-state index contributed by atoms with van der Waals surface area (Å²) in [4.78, 5) is 16.6. The number of aliphatic hydroxyl groups is 1. The van der Waals surface area contributed by atoms with Crippen LogP contribution in [0.15, 0.2) is 24.3 Å². The van der Waals surface area contributed by atoms with Crippen molar-refractivity contribution in [2.24, 2.45) is 0 Å². The van der Waals surface area contributed by atoms with Crippen LogP contribution >= 0.6 is 0 Å². The van der Waals surface area contributed by atoms with Gasteiger partial charge in [-0.2, -0.15) is 0 Å². The maximum absolute atomic E-state index is 12.2. The molecule has 8 nitrogen and oxygen atoms in total. The van der Waals surface area contributed by atoms with Crippen LogP contribution in [0.4, 0.5) is 0 Å². The summed E-state index contributed by atoms with van der Waals surface area (Å²) in [6.07, 6.45) is -0.364. The van der Waals surface area contributed by atoms with Gasteiger partial charge >= 0.3 is 0 Å². The minimum atomic E-state index is -3.19. The summed E-state index contributed by atoms with van der Waals surface area (Å²) >= 11 is 0. The van der Waals surface area contributed by atoms with E-state index in [1.807, 2.05) is 24.3 Å². The van der Waals surface area contributed by atoms with Gasteiger partial charge in [0.25, 0.3) is 0 Å². The van der Waals surface area contributed by atoms with E-state index in [1.165, 1.54) is 7.11 Å². The van der Waals surface area contributed by atoms with E-state index < -0.39 is 22.0 Å². The quantitative estimate of drug-likeness (QED) is 0.734. The van der Waals surface area contributed by atoms with Gasteiger partial charge in [0.1, 0.15) is 12.4 Å². The monoisotopic (exact) mass is 367 g/mol. The van der Waals surface area contributed by atoms with E-state index in [0.717, 1.165) is 11.0 Å². The van der Waals surface area contributed by atoms with Crippen LogP contribution in [-0.4, -0.2) is 59.7 Å². The lowest BCUT2D eigenvalue weighted by atomic mass is 10.2. The standard InChI is InChI=1S/C16H21N3O5S/c1-24-14-10-25(22,23)9-12(14)18-16(21)6-7-19-13-5-3-2-4-11(13)17-15(19)8-20/h2-5,12,14,20H,6-10H2,1H3,(H,18,21)/t12-,14-/m1/s1. The highest BCUT2D eigenvalue weighted by atomic mass is 32.2. The molecule has 2 N–H and O–H groups in total. The molecular formula is C16H21N3O5S. The molecule has 1 fully saturated rings. The van der Waals surface area contributed by atoms with Crippen molar-refractivity contribution in [3.05, 3.63) is 30.1 Å². The zero-order valence-corrected chi connectivity index (χ0v) is 14.7. The smallest absolute Gasteiger partial charge is 0.222 e. The number of aliphatic hydroxyl groups excluding tert-OH is 1. The number of carbonyl (C=O) groups excluding carboxylic acids is 1. The van der Waals surface area contributed by atoms with Crippen LogP contribution in [0.2, 0.25) is 0 Å². The molecule has 2 atom stereocenters. The van der Waals surface area contributed by atoms with Gasteiger partial charge in [-0.3, -0.25) is 4.79 Å². The van der Waals surface area contributed by atoms with Crippen molar-refractivity contribution in [3.63, 3.8) is 0 Å². The highest BCUT2D eigenvalue weighted by molar-refractivity contribution is 7.91. The molecule has 2 aromatic rings. The molecule has 9 heteroatoms. The Morgan fingerprint density at radius 1 is 1.40 bits per heavy atom. The summed E-state index contributed by atoms with van der Waals surface area (Å²) in [7, 11) is -1.75. The second kappa shape index (κ2) is 7.11. The van der Waals surface area contributed by atoms with E-state index in [1.54, 1.807) is 4.57 Å². The molecule has 1 aromatic carbocycles. The van der Waals surface area contributed by atoms with E-state index in [-0.39, 0.29) is 30.4 Å².